The van der Waals surface area contributed by atoms with Crippen molar-refractivity contribution in [1.82, 2.24) is 40.0 Å². The van der Waals surface area contributed by atoms with Crippen LogP contribution in [0.25, 0.3) is 16.9 Å². The molecule has 0 unspecified atom stereocenters. The third kappa shape index (κ3) is 5.47. The maximum absolute atomic E-state index is 4.77. The predicted molar refractivity (Wildman–Crippen MR) is 139 cm³/mol. The summed E-state index contributed by atoms with van der Waals surface area (Å²) in [7, 11) is 0. The summed E-state index contributed by atoms with van der Waals surface area (Å²) in [5, 5.41) is 15.7. The smallest absolute Gasteiger partial charge is 0.137 e. The Labute approximate surface area is 211 Å². The molecular weight excluding hydrogens is 462 g/mol. The van der Waals surface area contributed by atoms with E-state index in [0.717, 1.165) is 73.5 Å². The van der Waals surface area contributed by atoms with Crippen LogP contribution in [0.3, 0.4) is 0 Å². The van der Waals surface area contributed by atoms with Gasteiger partial charge in [-0.05, 0) is 43.0 Å². The molecule has 0 spiro atoms. The van der Waals surface area contributed by atoms with Gasteiger partial charge in [0, 0.05) is 56.9 Å². The summed E-state index contributed by atoms with van der Waals surface area (Å²) in [5.41, 5.74) is 6.13. The van der Waals surface area contributed by atoms with Crippen molar-refractivity contribution in [2.75, 3.05) is 37.6 Å². The summed E-state index contributed by atoms with van der Waals surface area (Å²) in [6.07, 6.45) is 14.1. The summed E-state index contributed by atoms with van der Waals surface area (Å²) >= 11 is 0. The predicted octanol–water partition coefficient (Wildman–Crippen LogP) is 2.76. The van der Waals surface area contributed by atoms with Gasteiger partial charge in [-0.25, -0.2) is 9.67 Å². The summed E-state index contributed by atoms with van der Waals surface area (Å²) in [6, 6.07) is 6.40. The van der Waals surface area contributed by atoms with Gasteiger partial charge in [-0.3, -0.25) is 4.98 Å². The van der Waals surface area contributed by atoms with E-state index in [2.05, 4.69) is 65.8 Å². The molecule has 4 aromatic rings. The van der Waals surface area contributed by atoms with Gasteiger partial charge in [-0.2, -0.15) is 0 Å². The fourth-order valence-electron chi connectivity index (χ4n) is 4.73. The van der Waals surface area contributed by atoms with Crippen molar-refractivity contribution in [2.24, 2.45) is 5.92 Å². The summed E-state index contributed by atoms with van der Waals surface area (Å²) < 4.78 is 3.95. The zero-order valence-corrected chi connectivity index (χ0v) is 20.6. The second-order valence-electron chi connectivity index (χ2n) is 9.43. The van der Waals surface area contributed by atoms with Gasteiger partial charge < -0.3 is 19.9 Å². The van der Waals surface area contributed by atoms with Crippen LogP contribution in [-0.2, 0) is 13.1 Å². The largest absolute Gasteiger partial charge is 0.368 e. The van der Waals surface area contributed by atoms with E-state index in [-0.39, 0.29) is 12.4 Å². The molecule has 10 heteroatoms. The molecule has 1 saturated heterocycles. The highest BCUT2D eigenvalue weighted by atomic mass is 35.5. The molecular formula is C25H32ClN9. The van der Waals surface area contributed by atoms with Crippen LogP contribution in [0.1, 0.15) is 30.5 Å². The second-order valence-corrected chi connectivity index (χ2v) is 9.43. The molecule has 6 rings (SSSR count). The van der Waals surface area contributed by atoms with Gasteiger partial charge in [0.25, 0.3) is 0 Å². The van der Waals surface area contributed by atoms with E-state index in [1.165, 1.54) is 24.8 Å². The molecule has 0 bridgehead atoms. The molecule has 9 nitrogen and oxygen atoms in total. The first kappa shape index (κ1) is 23.7. The first-order valence-corrected chi connectivity index (χ1v) is 12.3. The van der Waals surface area contributed by atoms with Crippen molar-refractivity contribution in [1.29, 1.82) is 0 Å². The maximum Gasteiger partial charge on any atom is 0.137 e. The minimum atomic E-state index is 0. The standard InChI is InChI=1S/C25H31N9.ClH/c1-2-19(3-1)11-27-12-20-4-5-25-29-22(16-33(25)15-20)17-34-18-24(30-31-34)21-10-23(14-28-13-21)32-8-6-26-7-9-32;/h4-5,10,13-16,18-19,26-27H,1-3,6-9,11-12,17H2;1H. The highest BCUT2D eigenvalue weighted by Gasteiger charge is 2.16. The fourth-order valence-corrected chi connectivity index (χ4v) is 4.73. The molecule has 0 atom stereocenters. The lowest BCUT2D eigenvalue weighted by Gasteiger charge is -2.29. The van der Waals surface area contributed by atoms with E-state index in [0.29, 0.717) is 6.54 Å². The highest BCUT2D eigenvalue weighted by Crippen LogP contribution is 2.25. The number of halogens is 1. The maximum atomic E-state index is 4.77. The van der Waals surface area contributed by atoms with Crippen molar-refractivity contribution >= 4 is 23.7 Å². The van der Waals surface area contributed by atoms with Crippen LogP contribution in [0.5, 0.6) is 0 Å². The molecule has 35 heavy (non-hydrogen) atoms. The van der Waals surface area contributed by atoms with E-state index in [1.807, 2.05) is 23.3 Å². The topological polar surface area (TPSA) is 88.2 Å². The first-order chi connectivity index (χ1) is 16.8. The number of anilines is 1. The summed E-state index contributed by atoms with van der Waals surface area (Å²) in [5.74, 6) is 0.872. The normalized spacial score (nSPS) is 16.3. The lowest BCUT2D eigenvalue weighted by molar-refractivity contribution is 0.301. The van der Waals surface area contributed by atoms with Crippen LogP contribution in [0.2, 0.25) is 0 Å². The number of aromatic nitrogens is 6. The lowest BCUT2D eigenvalue weighted by atomic mass is 9.85. The number of pyridine rings is 2. The minimum Gasteiger partial charge on any atom is -0.368 e. The number of fused-ring (bicyclic) bond motifs is 1. The molecule has 184 valence electrons. The molecule has 2 N–H and O–H groups in total. The van der Waals surface area contributed by atoms with E-state index < -0.39 is 0 Å². The zero-order chi connectivity index (χ0) is 22.7. The van der Waals surface area contributed by atoms with Gasteiger partial charge in [0.15, 0.2) is 0 Å². The van der Waals surface area contributed by atoms with Crippen molar-refractivity contribution < 1.29 is 0 Å². The number of hydrogen-bond acceptors (Lipinski definition) is 7. The van der Waals surface area contributed by atoms with E-state index >= 15 is 0 Å². The average Bonchev–Trinajstić information content (AvgIpc) is 3.48. The number of imidazole rings is 1. The Morgan fingerprint density at radius 2 is 1.94 bits per heavy atom. The van der Waals surface area contributed by atoms with Gasteiger partial charge in [0.05, 0.1) is 30.3 Å². The van der Waals surface area contributed by atoms with E-state index in [1.54, 1.807) is 0 Å². The third-order valence-electron chi connectivity index (χ3n) is 6.91. The molecule has 0 aromatic carbocycles. The number of hydrogen-bond donors (Lipinski definition) is 2. The molecule has 1 saturated carbocycles. The molecule has 0 amide bonds. The summed E-state index contributed by atoms with van der Waals surface area (Å²) in [4.78, 5) is 11.6. The van der Waals surface area contributed by atoms with Crippen LogP contribution >= 0.6 is 12.4 Å². The van der Waals surface area contributed by atoms with Crippen molar-refractivity contribution in [3.05, 3.63) is 60.4 Å². The Bertz CT molecular complexity index is 1260. The average molecular weight is 494 g/mol. The molecule has 5 heterocycles. The lowest BCUT2D eigenvalue weighted by Crippen LogP contribution is -2.43. The van der Waals surface area contributed by atoms with Gasteiger partial charge in [-0.1, -0.05) is 17.7 Å². The fraction of sp³-hybridized carbons (Fsp3) is 0.440. The van der Waals surface area contributed by atoms with Crippen LogP contribution in [-0.4, -0.2) is 62.1 Å². The minimum absolute atomic E-state index is 0. The van der Waals surface area contributed by atoms with Crippen molar-refractivity contribution in [2.45, 2.75) is 32.4 Å². The SMILES string of the molecule is Cl.c1cc2nc(Cn3cc(-c4cncc(N5CCNCC5)c4)nn3)cn2cc1CNCC1CCC1. The first-order valence-electron chi connectivity index (χ1n) is 12.3. The Morgan fingerprint density at radius 1 is 1.06 bits per heavy atom. The quantitative estimate of drug-likeness (QED) is 0.390. The van der Waals surface area contributed by atoms with Gasteiger partial charge >= 0.3 is 0 Å². The van der Waals surface area contributed by atoms with Gasteiger partial charge in [0.1, 0.15) is 11.3 Å². The molecule has 1 aliphatic carbocycles. The highest BCUT2D eigenvalue weighted by molar-refractivity contribution is 5.85. The Morgan fingerprint density at radius 3 is 2.77 bits per heavy atom. The van der Waals surface area contributed by atoms with Crippen LogP contribution in [0.15, 0.2) is 49.2 Å². The molecule has 4 aromatic heterocycles. The monoisotopic (exact) mass is 493 g/mol. The molecule has 0 radical (unpaired) electrons. The Hall–Kier alpha value is -3.01. The van der Waals surface area contributed by atoms with Crippen molar-refractivity contribution in [3.8, 4) is 11.3 Å². The number of rotatable bonds is 8. The second kappa shape index (κ2) is 10.7. The molecule has 2 aliphatic rings. The van der Waals surface area contributed by atoms with Crippen LogP contribution < -0.4 is 15.5 Å². The van der Waals surface area contributed by atoms with Gasteiger partial charge in [-0.15, -0.1) is 17.5 Å². The van der Waals surface area contributed by atoms with Crippen LogP contribution in [0.4, 0.5) is 5.69 Å². The number of nitrogens with one attached hydrogen (secondary N) is 2. The van der Waals surface area contributed by atoms with Crippen LogP contribution in [0, 0.1) is 5.92 Å². The Balaban J connectivity index is 0.00000253. The summed E-state index contributed by atoms with van der Waals surface area (Å²) in [6.45, 7) is 6.57. The van der Waals surface area contributed by atoms with Gasteiger partial charge in [0.2, 0.25) is 0 Å². The van der Waals surface area contributed by atoms with Crippen molar-refractivity contribution in [3.63, 3.8) is 0 Å². The zero-order valence-electron chi connectivity index (χ0n) is 19.8. The third-order valence-corrected chi connectivity index (χ3v) is 6.91. The molecule has 1 aliphatic heterocycles. The Kier molecular flexibility index (Phi) is 7.26. The number of piperazine rings is 1. The molecule has 2 fully saturated rings. The van der Waals surface area contributed by atoms with E-state index in [4.69, 9.17) is 4.98 Å². The van der Waals surface area contributed by atoms with E-state index in [9.17, 15) is 0 Å². The number of nitrogens with zero attached hydrogens (tertiary/aromatic N) is 7.